The maximum Gasteiger partial charge on any atom is 0.254 e. The van der Waals surface area contributed by atoms with Crippen LogP contribution in [0.5, 0.6) is 5.75 Å². The van der Waals surface area contributed by atoms with Crippen LogP contribution in [0.1, 0.15) is 44.3 Å². The summed E-state index contributed by atoms with van der Waals surface area (Å²) in [5.74, 6) is -0.734. The molecular formula is C31H23FN8O3. The molecule has 0 fully saturated rings. The summed E-state index contributed by atoms with van der Waals surface area (Å²) < 4.78 is 18.3. The second kappa shape index (κ2) is 10.2. The number of amides is 1. The third-order valence-electron chi connectivity index (χ3n) is 7.60. The monoisotopic (exact) mass is 574 g/mol. The number of aldehydes is 1. The molecule has 12 heteroatoms. The molecule has 0 saturated carbocycles. The van der Waals surface area contributed by atoms with Crippen molar-refractivity contribution in [2.45, 2.75) is 18.9 Å². The molecule has 7 rings (SSSR count). The quantitative estimate of drug-likeness (QED) is 0.249. The molecule has 11 nitrogen and oxygen atoms in total. The standard InChI is InChI=1S/C31H23FN8O3/c32-27-20(7-10-25(42)22(27)16-41)31(43)37-23-8-4-17-15-18(5-6-19(17)23)40-29(21-3-1-12-34-28(21)33)36-24-9-11-26(38-30(24)40)39-14-2-13-35-39/h1-3,5-7,9-16,23,42H,4,8H2,(H2,33,34)(H,37,43)/t23-/m0/s1. The van der Waals surface area contributed by atoms with E-state index >= 15 is 0 Å². The highest BCUT2D eigenvalue weighted by molar-refractivity contribution is 5.97. The highest BCUT2D eigenvalue weighted by Gasteiger charge is 2.28. The highest BCUT2D eigenvalue weighted by Crippen LogP contribution is 2.36. The van der Waals surface area contributed by atoms with Gasteiger partial charge in [0, 0.05) is 24.3 Å². The van der Waals surface area contributed by atoms with Crippen LogP contribution in [0.3, 0.4) is 0 Å². The summed E-state index contributed by atoms with van der Waals surface area (Å²) in [7, 11) is 0. The van der Waals surface area contributed by atoms with E-state index in [0.29, 0.717) is 47.0 Å². The number of pyridine rings is 2. The Bertz CT molecular complexity index is 2050. The highest BCUT2D eigenvalue weighted by atomic mass is 19.1. The number of nitrogens with zero attached hydrogens (tertiary/aromatic N) is 6. The van der Waals surface area contributed by atoms with Gasteiger partial charge in [-0.1, -0.05) is 6.07 Å². The van der Waals surface area contributed by atoms with Crippen LogP contribution in [0.15, 0.2) is 79.3 Å². The van der Waals surface area contributed by atoms with Crippen molar-refractivity contribution in [1.82, 2.24) is 34.6 Å². The van der Waals surface area contributed by atoms with E-state index in [4.69, 9.17) is 15.7 Å². The van der Waals surface area contributed by atoms with Gasteiger partial charge in [0.05, 0.1) is 22.7 Å². The van der Waals surface area contributed by atoms with Crippen LogP contribution in [0, 0.1) is 5.82 Å². The predicted molar refractivity (Wildman–Crippen MR) is 156 cm³/mol. The molecule has 4 heterocycles. The number of hydrogen-bond donors (Lipinski definition) is 3. The maximum absolute atomic E-state index is 14.7. The lowest BCUT2D eigenvalue weighted by Gasteiger charge is -2.16. The largest absolute Gasteiger partial charge is 0.507 e. The number of aryl methyl sites for hydroxylation is 1. The Morgan fingerprint density at radius 3 is 2.77 bits per heavy atom. The molecular weight excluding hydrogens is 551 g/mol. The lowest BCUT2D eigenvalue weighted by Crippen LogP contribution is -2.28. The van der Waals surface area contributed by atoms with Crippen LogP contribution in [-0.2, 0) is 6.42 Å². The number of aromatic hydroxyl groups is 1. The first kappa shape index (κ1) is 26.0. The summed E-state index contributed by atoms with van der Waals surface area (Å²) in [4.78, 5) is 38.2. The number of nitrogens with one attached hydrogen (secondary N) is 1. The number of fused-ring (bicyclic) bond motifs is 2. The normalized spacial score (nSPS) is 14.1. The molecule has 0 saturated heterocycles. The third-order valence-corrected chi connectivity index (χ3v) is 7.60. The third kappa shape index (κ3) is 4.36. The van der Waals surface area contributed by atoms with Crippen LogP contribution in [-0.4, -0.2) is 46.6 Å². The zero-order chi connectivity index (χ0) is 29.7. The number of carbonyl (C=O) groups excluding carboxylic acids is 2. The molecule has 43 heavy (non-hydrogen) atoms. The minimum absolute atomic E-state index is 0.188. The SMILES string of the molecule is Nc1ncccc1-c1nc2ccc(-n3cccn3)nc2n1-c1ccc2c(c1)CC[C@@H]2NC(=O)c1ccc(O)c(C=O)c1F. The van der Waals surface area contributed by atoms with E-state index in [2.05, 4.69) is 15.4 Å². The number of phenolic OH excluding ortho intramolecular Hbond substituents is 1. The van der Waals surface area contributed by atoms with E-state index in [1.54, 1.807) is 23.1 Å². The fourth-order valence-electron chi connectivity index (χ4n) is 5.51. The van der Waals surface area contributed by atoms with Crippen molar-refractivity contribution in [2.75, 3.05) is 5.73 Å². The lowest BCUT2D eigenvalue weighted by atomic mass is 10.1. The summed E-state index contributed by atoms with van der Waals surface area (Å²) in [6.45, 7) is 0. The Hall–Kier alpha value is -5.91. The second-order valence-electron chi connectivity index (χ2n) is 10.1. The van der Waals surface area contributed by atoms with Gasteiger partial charge in [0.25, 0.3) is 5.91 Å². The van der Waals surface area contributed by atoms with E-state index in [-0.39, 0.29) is 17.9 Å². The van der Waals surface area contributed by atoms with Gasteiger partial charge in [-0.25, -0.2) is 24.0 Å². The number of phenols is 1. The van der Waals surface area contributed by atoms with Crippen LogP contribution < -0.4 is 11.1 Å². The molecule has 1 atom stereocenters. The molecule has 0 unspecified atom stereocenters. The van der Waals surface area contributed by atoms with Crippen molar-refractivity contribution in [3.63, 3.8) is 0 Å². The van der Waals surface area contributed by atoms with Gasteiger partial charge in [0.2, 0.25) is 0 Å². The number of aromatic nitrogens is 6. The maximum atomic E-state index is 14.7. The lowest BCUT2D eigenvalue weighted by molar-refractivity contribution is 0.0932. The number of rotatable bonds is 6. The van der Waals surface area contributed by atoms with Crippen molar-refractivity contribution in [1.29, 1.82) is 0 Å². The molecule has 6 aromatic rings. The molecule has 0 radical (unpaired) electrons. The van der Waals surface area contributed by atoms with Gasteiger partial charge < -0.3 is 16.2 Å². The fourth-order valence-corrected chi connectivity index (χ4v) is 5.51. The minimum atomic E-state index is -1.06. The smallest absolute Gasteiger partial charge is 0.254 e. The summed E-state index contributed by atoms with van der Waals surface area (Å²) in [5, 5.41) is 16.9. The zero-order valence-electron chi connectivity index (χ0n) is 22.5. The minimum Gasteiger partial charge on any atom is -0.507 e. The first-order chi connectivity index (χ1) is 20.9. The van der Waals surface area contributed by atoms with Crippen molar-refractivity contribution in [3.05, 3.63) is 107 Å². The van der Waals surface area contributed by atoms with Gasteiger partial charge in [0.1, 0.15) is 22.9 Å². The van der Waals surface area contributed by atoms with E-state index in [9.17, 15) is 19.1 Å². The number of benzene rings is 2. The van der Waals surface area contributed by atoms with E-state index in [1.165, 1.54) is 0 Å². The van der Waals surface area contributed by atoms with E-state index < -0.39 is 23.0 Å². The Kier molecular flexibility index (Phi) is 6.16. The number of nitrogen functional groups attached to an aromatic ring is 1. The van der Waals surface area contributed by atoms with Crippen LogP contribution in [0.25, 0.3) is 34.1 Å². The topological polar surface area (TPSA) is 154 Å². The van der Waals surface area contributed by atoms with Gasteiger partial charge in [-0.15, -0.1) is 0 Å². The Labute approximate surface area is 243 Å². The fraction of sp³-hybridized carbons (Fsp3) is 0.0968. The van der Waals surface area contributed by atoms with Crippen molar-refractivity contribution >= 4 is 29.2 Å². The summed E-state index contributed by atoms with van der Waals surface area (Å²) in [6, 6.07) is 17.0. The molecule has 1 aliphatic rings. The zero-order valence-corrected chi connectivity index (χ0v) is 22.5. The van der Waals surface area contributed by atoms with Crippen LogP contribution in [0.4, 0.5) is 10.2 Å². The van der Waals surface area contributed by atoms with E-state index in [1.807, 2.05) is 53.2 Å². The molecule has 2 aromatic carbocycles. The Balaban J connectivity index is 1.29. The average molecular weight is 575 g/mol. The number of carbonyl (C=O) groups is 2. The Morgan fingerprint density at radius 2 is 1.98 bits per heavy atom. The van der Waals surface area contributed by atoms with Gasteiger partial charge in [0.15, 0.2) is 23.6 Å². The molecule has 0 aliphatic heterocycles. The van der Waals surface area contributed by atoms with E-state index in [0.717, 1.165) is 28.9 Å². The number of anilines is 1. The first-order valence-corrected chi connectivity index (χ1v) is 13.4. The number of imidazole rings is 1. The number of hydrogen-bond acceptors (Lipinski definition) is 8. The predicted octanol–water partition coefficient (Wildman–Crippen LogP) is 4.32. The Morgan fingerprint density at radius 1 is 1.09 bits per heavy atom. The summed E-state index contributed by atoms with van der Waals surface area (Å²) in [5.41, 5.74) is 9.99. The molecule has 212 valence electrons. The number of halogens is 1. The number of nitrogens with two attached hydrogens (primary N) is 1. The molecule has 0 bridgehead atoms. The van der Waals surface area contributed by atoms with Crippen molar-refractivity contribution in [3.8, 4) is 28.6 Å². The molecule has 1 aliphatic carbocycles. The van der Waals surface area contributed by atoms with Gasteiger partial charge in [-0.3, -0.25) is 14.2 Å². The van der Waals surface area contributed by atoms with Gasteiger partial charge >= 0.3 is 0 Å². The molecule has 4 aromatic heterocycles. The molecule has 0 spiro atoms. The van der Waals surface area contributed by atoms with Crippen LogP contribution >= 0.6 is 0 Å². The average Bonchev–Trinajstić information content (AvgIpc) is 3.76. The van der Waals surface area contributed by atoms with Crippen molar-refractivity contribution in [2.24, 2.45) is 0 Å². The molecule has 1 amide bonds. The van der Waals surface area contributed by atoms with Crippen molar-refractivity contribution < 1.29 is 19.1 Å². The summed E-state index contributed by atoms with van der Waals surface area (Å²) >= 11 is 0. The first-order valence-electron chi connectivity index (χ1n) is 13.4. The van der Waals surface area contributed by atoms with Gasteiger partial charge in [-0.05, 0) is 78.6 Å². The summed E-state index contributed by atoms with van der Waals surface area (Å²) in [6.07, 6.45) is 6.55. The van der Waals surface area contributed by atoms with Gasteiger partial charge in [-0.2, -0.15) is 5.10 Å². The van der Waals surface area contributed by atoms with Crippen LogP contribution in [0.2, 0.25) is 0 Å². The second-order valence-corrected chi connectivity index (χ2v) is 10.1. The molecule has 4 N–H and O–H groups in total.